The van der Waals surface area contributed by atoms with Crippen molar-refractivity contribution >= 4 is 11.7 Å². The number of nitrogens with one attached hydrogen (secondary N) is 3. The molecule has 0 aliphatic heterocycles. The SMILES string of the molecule is O=C(CCc1n[nH]c(=O)[nH]c1=O)NCC(=O)c1ccccc1. The number of aromatic nitrogens is 3. The Morgan fingerprint density at radius 3 is 2.55 bits per heavy atom. The summed E-state index contributed by atoms with van der Waals surface area (Å²) in [6.45, 7) is -0.113. The molecule has 3 N–H and O–H groups in total. The molecule has 8 heteroatoms. The standard InChI is InChI=1S/C14H14N4O4/c19-11(9-4-2-1-3-5-9)8-15-12(20)7-6-10-13(21)16-14(22)18-17-10/h1-5H,6-8H2,(H,15,20)(H2,16,18,21,22). The molecule has 0 atom stereocenters. The number of carbonyl (C=O) groups excluding carboxylic acids is 2. The molecule has 22 heavy (non-hydrogen) atoms. The number of amides is 1. The minimum absolute atomic E-state index is 0.00973. The minimum atomic E-state index is -0.702. The normalized spacial score (nSPS) is 10.2. The Kier molecular flexibility index (Phi) is 4.97. The van der Waals surface area contributed by atoms with Crippen LogP contribution < -0.4 is 16.6 Å². The van der Waals surface area contributed by atoms with Crippen LogP contribution in [-0.4, -0.2) is 33.4 Å². The average Bonchev–Trinajstić information content (AvgIpc) is 2.52. The van der Waals surface area contributed by atoms with Gasteiger partial charge in [0.05, 0.1) is 6.54 Å². The highest BCUT2D eigenvalue weighted by Gasteiger charge is 2.09. The second-order valence-corrected chi connectivity index (χ2v) is 4.52. The van der Waals surface area contributed by atoms with Gasteiger partial charge in [-0.3, -0.25) is 19.4 Å². The van der Waals surface area contributed by atoms with Crippen LogP contribution in [0.2, 0.25) is 0 Å². The largest absolute Gasteiger partial charge is 0.349 e. The second kappa shape index (κ2) is 7.11. The van der Waals surface area contributed by atoms with E-state index in [4.69, 9.17) is 0 Å². The Bertz CT molecular complexity index is 779. The maximum atomic E-state index is 11.8. The Balaban J connectivity index is 1.82. The minimum Gasteiger partial charge on any atom is -0.349 e. The molecule has 1 amide bonds. The number of Topliss-reactive ketones (excluding diaryl/α,β-unsaturated/α-hetero) is 1. The van der Waals surface area contributed by atoms with Crippen molar-refractivity contribution in [3.8, 4) is 0 Å². The number of ketones is 1. The van der Waals surface area contributed by atoms with Crippen molar-refractivity contribution in [2.45, 2.75) is 12.8 Å². The number of H-pyrrole nitrogens is 2. The van der Waals surface area contributed by atoms with Crippen molar-refractivity contribution in [1.29, 1.82) is 0 Å². The number of carbonyl (C=O) groups is 2. The zero-order chi connectivity index (χ0) is 15.9. The van der Waals surface area contributed by atoms with E-state index in [1.807, 2.05) is 4.98 Å². The number of nitrogens with zero attached hydrogens (tertiary/aromatic N) is 1. The molecule has 0 fully saturated rings. The monoisotopic (exact) mass is 302 g/mol. The summed E-state index contributed by atoms with van der Waals surface area (Å²) < 4.78 is 0. The van der Waals surface area contributed by atoms with Crippen LogP contribution in [0.15, 0.2) is 39.9 Å². The van der Waals surface area contributed by atoms with Gasteiger partial charge in [-0.15, -0.1) is 0 Å². The van der Waals surface area contributed by atoms with Crippen LogP contribution >= 0.6 is 0 Å². The van der Waals surface area contributed by atoms with Crippen molar-refractivity contribution in [2.24, 2.45) is 0 Å². The van der Waals surface area contributed by atoms with Crippen molar-refractivity contribution < 1.29 is 9.59 Å². The molecule has 1 heterocycles. The molecule has 1 aromatic carbocycles. The lowest BCUT2D eigenvalue weighted by Gasteiger charge is -2.04. The van der Waals surface area contributed by atoms with Gasteiger partial charge < -0.3 is 5.32 Å². The molecule has 0 radical (unpaired) electrons. The quantitative estimate of drug-likeness (QED) is 0.614. The fourth-order valence-corrected chi connectivity index (χ4v) is 1.77. The van der Waals surface area contributed by atoms with Crippen LogP contribution in [-0.2, 0) is 11.2 Å². The number of hydrogen-bond donors (Lipinski definition) is 3. The Morgan fingerprint density at radius 1 is 1.14 bits per heavy atom. The second-order valence-electron chi connectivity index (χ2n) is 4.52. The van der Waals surface area contributed by atoms with Crippen LogP contribution in [0.1, 0.15) is 22.5 Å². The van der Waals surface area contributed by atoms with E-state index in [0.717, 1.165) is 0 Å². The fourth-order valence-electron chi connectivity index (χ4n) is 1.77. The van der Waals surface area contributed by atoms with Gasteiger partial charge in [-0.1, -0.05) is 30.3 Å². The lowest BCUT2D eigenvalue weighted by molar-refractivity contribution is -0.120. The van der Waals surface area contributed by atoms with E-state index < -0.39 is 11.2 Å². The van der Waals surface area contributed by atoms with E-state index in [2.05, 4.69) is 15.5 Å². The first kappa shape index (κ1) is 15.4. The topological polar surface area (TPSA) is 125 Å². The molecule has 0 bridgehead atoms. The molecule has 114 valence electrons. The van der Waals surface area contributed by atoms with Gasteiger partial charge in [0.2, 0.25) is 5.91 Å². The highest BCUT2D eigenvalue weighted by molar-refractivity contribution is 5.99. The van der Waals surface area contributed by atoms with Crippen LogP contribution in [0.4, 0.5) is 0 Å². The molecule has 0 aliphatic rings. The van der Waals surface area contributed by atoms with E-state index in [1.54, 1.807) is 30.3 Å². The average molecular weight is 302 g/mol. The number of aromatic amines is 2. The fraction of sp³-hybridized carbons (Fsp3) is 0.214. The molecule has 8 nitrogen and oxygen atoms in total. The van der Waals surface area contributed by atoms with Gasteiger partial charge in [0.25, 0.3) is 5.56 Å². The van der Waals surface area contributed by atoms with Gasteiger partial charge in [0.1, 0.15) is 5.69 Å². The number of rotatable bonds is 6. The molecule has 0 aliphatic carbocycles. The van der Waals surface area contributed by atoms with Gasteiger partial charge in [0.15, 0.2) is 5.78 Å². The summed E-state index contributed by atoms with van der Waals surface area (Å²) in [6, 6.07) is 8.60. The summed E-state index contributed by atoms with van der Waals surface area (Å²) in [5.41, 5.74) is -0.755. The third-order valence-corrected chi connectivity index (χ3v) is 2.91. The molecule has 0 spiro atoms. The van der Waals surface area contributed by atoms with Crippen LogP contribution in [0.3, 0.4) is 0 Å². The summed E-state index contributed by atoms with van der Waals surface area (Å²) in [6.07, 6.45) is 0.0572. The van der Waals surface area contributed by atoms with Gasteiger partial charge in [-0.2, -0.15) is 5.10 Å². The van der Waals surface area contributed by atoms with Crippen molar-refractivity contribution in [3.05, 3.63) is 62.4 Å². The molecule has 0 saturated carbocycles. The first-order chi connectivity index (χ1) is 10.6. The van der Waals surface area contributed by atoms with E-state index in [0.29, 0.717) is 5.56 Å². The van der Waals surface area contributed by atoms with Gasteiger partial charge in [0, 0.05) is 18.4 Å². The van der Waals surface area contributed by atoms with E-state index in [1.165, 1.54) is 0 Å². The maximum Gasteiger partial charge on any atom is 0.342 e. The van der Waals surface area contributed by atoms with Crippen LogP contribution in [0.25, 0.3) is 0 Å². The van der Waals surface area contributed by atoms with Crippen LogP contribution in [0, 0.1) is 0 Å². The Morgan fingerprint density at radius 2 is 1.86 bits per heavy atom. The van der Waals surface area contributed by atoms with E-state index >= 15 is 0 Å². The zero-order valence-electron chi connectivity index (χ0n) is 11.6. The van der Waals surface area contributed by atoms with E-state index in [9.17, 15) is 19.2 Å². The summed E-state index contributed by atoms with van der Waals surface area (Å²) in [4.78, 5) is 47.6. The molecule has 0 saturated heterocycles. The third-order valence-electron chi connectivity index (χ3n) is 2.91. The van der Waals surface area contributed by atoms with Gasteiger partial charge in [-0.05, 0) is 0 Å². The van der Waals surface area contributed by atoms with Crippen molar-refractivity contribution in [2.75, 3.05) is 6.54 Å². The number of hydrogen-bond acceptors (Lipinski definition) is 5. The first-order valence-corrected chi connectivity index (χ1v) is 6.59. The maximum absolute atomic E-state index is 11.8. The highest BCUT2D eigenvalue weighted by atomic mass is 16.2. The lowest BCUT2D eigenvalue weighted by atomic mass is 10.1. The summed E-state index contributed by atoms with van der Waals surface area (Å²) in [5, 5.41) is 8.14. The van der Waals surface area contributed by atoms with Crippen LogP contribution in [0.5, 0.6) is 0 Å². The third kappa shape index (κ3) is 4.23. The molecule has 2 aromatic rings. The Hall–Kier alpha value is -3.03. The summed E-state index contributed by atoms with van der Waals surface area (Å²) in [5.74, 6) is -0.578. The summed E-state index contributed by atoms with van der Waals surface area (Å²) in [7, 11) is 0. The zero-order valence-corrected chi connectivity index (χ0v) is 11.6. The molecular weight excluding hydrogens is 288 g/mol. The molecule has 0 unspecified atom stereocenters. The number of aryl methyl sites for hydroxylation is 1. The van der Waals surface area contributed by atoms with E-state index in [-0.39, 0.29) is 36.8 Å². The Labute approximate surface area is 124 Å². The molecule has 2 rings (SSSR count). The van der Waals surface area contributed by atoms with Crippen molar-refractivity contribution in [3.63, 3.8) is 0 Å². The summed E-state index contributed by atoms with van der Waals surface area (Å²) >= 11 is 0. The first-order valence-electron chi connectivity index (χ1n) is 6.59. The highest BCUT2D eigenvalue weighted by Crippen LogP contribution is 1.99. The molecule has 1 aromatic heterocycles. The predicted octanol–water partition coefficient (Wildman–Crippen LogP) is -0.610. The van der Waals surface area contributed by atoms with Gasteiger partial charge in [-0.25, -0.2) is 9.89 Å². The van der Waals surface area contributed by atoms with Gasteiger partial charge >= 0.3 is 5.69 Å². The lowest BCUT2D eigenvalue weighted by Crippen LogP contribution is -2.31. The predicted molar refractivity (Wildman–Crippen MR) is 77.6 cm³/mol. The van der Waals surface area contributed by atoms with Crippen molar-refractivity contribution in [1.82, 2.24) is 20.5 Å². The molecular formula is C14H14N4O4. The smallest absolute Gasteiger partial charge is 0.342 e. The number of benzene rings is 1.